The van der Waals surface area contributed by atoms with Gasteiger partial charge in [-0.25, -0.2) is 4.98 Å². The Hall–Kier alpha value is -1.81. The van der Waals surface area contributed by atoms with E-state index >= 15 is 0 Å². The molecule has 20 heavy (non-hydrogen) atoms. The lowest BCUT2D eigenvalue weighted by atomic mass is 9.94. The molecule has 3 aromatic rings. The van der Waals surface area contributed by atoms with Crippen molar-refractivity contribution in [3.05, 3.63) is 46.0 Å². The summed E-state index contributed by atoms with van der Waals surface area (Å²) < 4.78 is 5.52. The molecule has 2 aromatic heterocycles. The van der Waals surface area contributed by atoms with Crippen molar-refractivity contribution >= 4 is 28.1 Å². The Morgan fingerprint density at radius 1 is 1.35 bits per heavy atom. The molecule has 4 heteroatoms. The normalized spacial score (nSPS) is 18.1. The van der Waals surface area contributed by atoms with Gasteiger partial charge in [-0.15, -0.1) is 11.3 Å². The lowest BCUT2D eigenvalue weighted by Gasteiger charge is -2.24. The van der Waals surface area contributed by atoms with Crippen LogP contribution in [0, 0.1) is 6.92 Å². The fourth-order valence-electron chi connectivity index (χ4n) is 2.97. The van der Waals surface area contributed by atoms with Crippen LogP contribution in [-0.2, 0) is 6.42 Å². The molecule has 0 amide bonds. The van der Waals surface area contributed by atoms with E-state index in [-0.39, 0.29) is 0 Å². The standard InChI is InChI=1S/C16H16N2OS/c1-10-17-14-9-11(5-6-15(14)19-10)18-13-3-2-4-16-12(13)7-8-20-16/h5-9,13,18H,2-4H2,1H3. The number of hydrogen-bond donors (Lipinski definition) is 1. The van der Waals surface area contributed by atoms with Crippen molar-refractivity contribution in [3.8, 4) is 0 Å². The van der Waals surface area contributed by atoms with Gasteiger partial charge in [-0.2, -0.15) is 0 Å². The maximum atomic E-state index is 5.52. The molecule has 2 heterocycles. The summed E-state index contributed by atoms with van der Waals surface area (Å²) >= 11 is 1.88. The Morgan fingerprint density at radius 2 is 2.30 bits per heavy atom. The summed E-state index contributed by atoms with van der Waals surface area (Å²) in [7, 11) is 0. The number of nitrogens with one attached hydrogen (secondary N) is 1. The molecule has 0 aliphatic heterocycles. The summed E-state index contributed by atoms with van der Waals surface area (Å²) in [4.78, 5) is 5.93. The summed E-state index contributed by atoms with van der Waals surface area (Å²) in [5.41, 5.74) is 4.37. The van der Waals surface area contributed by atoms with Gasteiger partial charge in [0.25, 0.3) is 0 Å². The summed E-state index contributed by atoms with van der Waals surface area (Å²) in [5, 5.41) is 5.85. The molecule has 1 atom stereocenters. The molecule has 1 N–H and O–H groups in total. The van der Waals surface area contributed by atoms with E-state index in [0.717, 1.165) is 22.7 Å². The molecular formula is C16H16N2OS. The van der Waals surface area contributed by atoms with Crippen molar-refractivity contribution in [1.82, 2.24) is 4.98 Å². The molecule has 4 rings (SSSR count). The number of nitrogens with zero attached hydrogens (tertiary/aromatic N) is 1. The van der Waals surface area contributed by atoms with Crippen molar-refractivity contribution in [2.45, 2.75) is 32.2 Å². The van der Waals surface area contributed by atoms with Gasteiger partial charge in [-0.1, -0.05) is 0 Å². The number of thiophene rings is 1. The number of anilines is 1. The number of aromatic nitrogens is 1. The number of hydrogen-bond acceptors (Lipinski definition) is 4. The lowest BCUT2D eigenvalue weighted by Crippen LogP contribution is -2.15. The van der Waals surface area contributed by atoms with Gasteiger partial charge in [0.05, 0.1) is 6.04 Å². The Morgan fingerprint density at radius 3 is 3.25 bits per heavy atom. The third-order valence-electron chi connectivity index (χ3n) is 3.89. The third-order valence-corrected chi connectivity index (χ3v) is 4.88. The molecule has 102 valence electrons. The second-order valence-corrected chi connectivity index (χ2v) is 6.30. The first-order valence-corrected chi connectivity index (χ1v) is 7.87. The van der Waals surface area contributed by atoms with Crippen LogP contribution < -0.4 is 5.32 Å². The van der Waals surface area contributed by atoms with Crippen LogP contribution in [0.5, 0.6) is 0 Å². The first-order valence-electron chi connectivity index (χ1n) is 6.99. The third kappa shape index (κ3) is 2.00. The van der Waals surface area contributed by atoms with Gasteiger partial charge < -0.3 is 9.73 Å². The molecule has 1 aliphatic rings. The Labute approximate surface area is 121 Å². The van der Waals surface area contributed by atoms with Gasteiger partial charge in [0, 0.05) is 17.5 Å². The fraction of sp³-hybridized carbons (Fsp3) is 0.312. The van der Waals surface area contributed by atoms with Crippen molar-refractivity contribution in [3.63, 3.8) is 0 Å². The predicted molar refractivity (Wildman–Crippen MR) is 82.4 cm³/mol. The molecule has 0 saturated carbocycles. The minimum absolute atomic E-state index is 0.426. The molecule has 0 fully saturated rings. The van der Waals surface area contributed by atoms with Crippen LogP contribution in [-0.4, -0.2) is 4.98 Å². The van der Waals surface area contributed by atoms with E-state index in [1.165, 1.54) is 29.7 Å². The minimum atomic E-state index is 0.426. The van der Waals surface area contributed by atoms with Gasteiger partial charge in [0.2, 0.25) is 0 Å². The summed E-state index contributed by atoms with van der Waals surface area (Å²) in [6.45, 7) is 1.88. The second kappa shape index (κ2) is 4.63. The monoisotopic (exact) mass is 284 g/mol. The minimum Gasteiger partial charge on any atom is -0.441 e. The Balaban J connectivity index is 1.65. The zero-order valence-electron chi connectivity index (χ0n) is 11.3. The molecule has 0 radical (unpaired) electrons. The molecule has 1 aromatic carbocycles. The molecular weight excluding hydrogens is 268 g/mol. The molecule has 3 nitrogen and oxygen atoms in total. The van der Waals surface area contributed by atoms with Crippen LogP contribution in [0.15, 0.2) is 34.1 Å². The molecule has 1 unspecified atom stereocenters. The van der Waals surface area contributed by atoms with Crippen molar-refractivity contribution < 1.29 is 4.42 Å². The fourth-order valence-corrected chi connectivity index (χ4v) is 3.96. The quantitative estimate of drug-likeness (QED) is 0.742. The zero-order valence-corrected chi connectivity index (χ0v) is 12.2. The highest BCUT2D eigenvalue weighted by Crippen LogP contribution is 2.35. The Kier molecular flexibility index (Phi) is 2.77. The highest BCUT2D eigenvalue weighted by atomic mass is 32.1. The van der Waals surface area contributed by atoms with Gasteiger partial charge in [0.15, 0.2) is 11.5 Å². The molecule has 0 spiro atoms. The summed E-state index contributed by atoms with van der Waals surface area (Å²) in [6, 6.07) is 8.83. The van der Waals surface area contributed by atoms with E-state index < -0.39 is 0 Å². The maximum Gasteiger partial charge on any atom is 0.192 e. The molecule has 0 saturated heterocycles. The van der Waals surface area contributed by atoms with Crippen LogP contribution in [0.1, 0.15) is 35.2 Å². The number of aryl methyl sites for hydroxylation is 2. The van der Waals surface area contributed by atoms with Gasteiger partial charge >= 0.3 is 0 Å². The zero-order chi connectivity index (χ0) is 13.5. The smallest absolute Gasteiger partial charge is 0.192 e. The van der Waals surface area contributed by atoms with Crippen molar-refractivity contribution in [2.75, 3.05) is 5.32 Å². The van der Waals surface area contributed by atoms with E-state index in [0.29, 0.717) is 6.04 Å². The van der Waals surface area contributed by atoms with Crippen molar-refractivity contribution in [2.24, 2.45) is 0 Å². The lowest BCUT2D eigenvalue weighted by molar-refractivity contribution is 0.561. The van der Waals surface area contributed by atoms with Crippen LogP contribution >= 0.6 is 11.3 Å². The predicted octanol–water partition coefficient (Wildman–Crippen LogP) is 4.69. The maximum absolute atomic E-state index is 5.52. The van der Waals surface area contributed by atoms with Crippen molar-refractivity contribution in [1.29, 1.82) is 0 Å². The van der Waals surface area contributed by atoms with E-state index in [9.17, 15) is 0 Å². The van der Waals surface area contributed by atoms with E-state index in [2.05, 4.69) is 33.9 Å². The van der Waals surface area contributed by atoms with E-state index in [1.54, 1.807) is 0 Å². The van der Waals surface area contributed by atoms with Gasteiger partial charge in [-0.3, -0.25) is 0 Å². The number of benzene rings is 1. The highest BCUT2D eigenvalue weighted by Gasteiger charge is 2.21. The highest BCUT2D eigenvalue weighted by molar-refractivity contribution is 7.10. The number of rotatable bonds is 2. The first kappa shape index (κ1) is 12.0. The van der Waals surface area contributed by atoms with Crippen LogP contribution in [0.4, 0.5) is 5.69 Å². The number of oxazole rings is 1. The molecule has 1 aliphatic carbocycles. The SMILES string of the molecule is Cc1nc2cc(NC3CCCc4sccc43)ccc2o1. The van der Waals surface area contributed by atoms with Crippen LogP contribution in [0.2, 0.25) is 0 Å². The van der Waals surface area contributed by atoms with Gasteiger partial charge in [0.1, 0.15) is 5.52 Å². The first-order chi connectivity index (χ1) is 9.79. The van der Waals surface area contributed by atoms with Crippen LogP contribution in [0.3, 0.4) is 0 Å². The van der Waals surface area contributed by atoms with Gasteiger partial charge in [-0.05, 0) is 54.5 Å². The summed E-state index contributed by atoms with van der Waals surface area (Å²) in [5.74, 6) is 0.718. The summed E-state index contributed by atoms with van der Waals surface area (Å²) in [6.07, 6.45) is 3.68. The largest absolute Gasteiger partial charge is 0.441 e. The van der Waals surface area contributed by atoms with E-state index in [1.807, 2.05) is 24.3 Å². The topological polar surface area (TPSA) is 38.1 Å². The second-order valence-electron chi connectivity index (χ2n) is 5.30. The van der Waals surface area contributed by atoms with Crippen LogP contribution in [0.25, 0.3) is 11.1 Å². The average Bonchev–Trinajstić information content (AvgIpc) is 3.03. The number of fused-ring (bicyclic) bond motifs is 2. The molecule has 0 bridgehead atoms. The average molecular weight is 284 g/mol. The van der Waals surface area contributed by atoms with E-state index in [4.69, 9.17) is 4.42 Å². The Bertz CT molecular complexity index is 759.